The first-order chi connectivity index (χ1) is 10.2. The SMILES string of the molecule is CCOc1ccccc1C(=O)N1CCCC(C(N)=NO)C1. The number of benzene rings is 1. The maximum atomic E-state index is 12.7. The van der Waals surface area contributed by atoms with E-state index in [1.165, 1.54) is 0 Å². The van der Waals surface area contributed by atoms with Crippen molar-refractivity contribution in [3.8, 4) is 5.75 Å². The molecule has 0 spiro atoms. The minimum atomic E-state index is -0.0908. The van der Waals surface area contributed by atoms with Crippen molar-refractivity contribution in [3.63, 3.8) is 0 Å². The van der Waals surface area contributed by atoms with Crippen LogP contribution in [0.15, 0.2) is 29.4 Å². The Labute approximate surface area is 124 Å². The molecule has 0 bridgehead atoms. The van der Waals surface area contributed by atoms with Gasteiger partial charge in [-0.25, -0.2) is 0 Å². The predicted octanol–water partition coefficient (Wildman–Crippen LogP) is 1.68. The average Bonchev–Trinajstić information content (AvgIpc) is 2.54. The third-order valence-corrected chi connectivity index (χ3v) is 3.66. The Morgan fingerprint density at radius 3 is 3.00 bits per heavy atom. The second-order valence-corrected chi connectivity index (χ2v) is 5.04. The van der Waals surface area contributed by atoms with Crippen LogP contribution in [0.2, 0.25) is 0 Å². The van der Waals surface area contributed by atoms with Crippen molar-refractivity contribution >= 4 is 11.7 Å². The van der Waals surface area contributed by atoms with E-state index in [1.54, 1.807) is 17.0 Å². The Balaban J connectivity index is 2.16. The molecule has 1 atom stereocenters. The molecule has 0 saturated carbocycles. The zero-order valence-corrected chi connectivity index (χ0v) is 12.2. The van der Waals surface area contributed by atoms with Crippen LogP contribution in [0.1, 0.15) is 30.1 Å². The van der Waals surface area contributed by atoms with Crippen LogP contribution in [0.4, 0.5) is 0 Å². The molecule has 1 saturated heterocycles. The van der Waals surface area contributed by atoms with Gasteiger partial charge in [0.15, 0.2) is 0 Å². The Bertz CT molecular complexity index is 531. The number of piperidine rings is 1. The lowest BCUT2D eigenvalue weighted by molar-refractivity contribution is 0.0697. The van der Waals surface area contributed by atoms with Crippen LogP contribution < -0.4 is 10.5 Å². The molecule has 0 aromatic heterocycles. The monoisotopic (exact) mass is 291 g/mol. The molecule has 1 fully saturated rings. The van der Waals surface area contributed by atoms with Crippen molar-refractivity contribution in [1.29, 1.82) is 0 Å². The summed E-state index contributed by atoms with van der Waals surface area (Å²) in [5, 5.41) is 11.8. The van der Waals surface area contributed by atoms with Gasteiger partial charge in [0, 0.05) is 19.0 Å². The minimum Gasteiger partial charge on any atom is -0.493 e. The molecule has 1 aromatic rings. The highest BCUT2D eigenvalue weighted by atomic mass is 16.5. The lowest BCUT2D eigenvalue weighted by Crippen LogP contribution is -2.44. The van der Waals surface area contributed by atoms with Crippen LogP contribution >= 0.6 is 0 Å². The van der Waals surface area contributed by atoms with Gasteiger partial charge in [0.2, 0.25) is 0 Å². The van der Waals surface area contributed by atoms with Crippen molar-refractivity contribution in [2.24, 2.45) is 16.8 Å². The van der Waals surface area contributed by atoms with E-state index >= 15 is 0 Å². The number of likely N-dealkylation sites (tertiary alicyclic amines) is 1. The van der Waals surface area contributed by atoms with E-state index in [2.05, 4.69) is 5.16 Å². The fourth-order valence-electron chi connectivity index (χ4n) is 2.58. The number of amidine groups is 1. The molecule has 6 heteroatoms. The quantitative estimate of drug-likeness (QED) is 0.382. The van der Waals surface area contributed by atoms with Crippen LogP contribution in [0, 0.1) is 5.92 Å². The van der Waals surface area contributed by atoms with Crippen molar-refractivity contribution in [2.75, 3.05) is 19.7 Å². The van der Waals surface area contributed by atoms with Gasteiger partial charge < -0.3 is 20.6 Å². The summed E-state index contributed by atoms with van der Waals surface area (Å²) in [6, 6.07) is 7.22. The summed E-state index contributed by atoms with van der Waals surface area (Å²) in [5.74, 6) is 0.614. The van der Waals surface area contributed by atoms with E-state index in [-0.39, 0.29) is 17.7 Å². The van der Waals surface area contributed by atoms with Crippen molar-refractivity contribution in [1.82, 2.24) is 4.90 Å². The first-order valence-corrected chi connectivity index (χ1v) is 7.15. The second-order valence-electron chi connectivity index (χ2n) is 5.04. The summed E-state index contributed by atoms with van der Waals surface area (Å²) in [6.07, 6.45) is 1.66. The molecule has 2 rings (SSSR count). The van der Waals surface area contributed by atoms with E-state index < -0.39 is 0 Å². The molecule has 1 unspecified atom stereocenters. The Morgan fingerprint density at radius 2 is 2.29 bits per heavy atom. The molecular weight excluding hydrogens is 270 g/mol. The standard InChI is InChI=1S/C15H21N3O3/c1-2-21-13-8-4-3-7-12(13)15(19)18-9-5-6-11(10-18)14(16)17-20/h3-4,7-8,11,20H,2,5-6,9-10H2,1H3,(H2,16,17). The fourth-order valence-corrected chi connectivity index (χ4v) is 2.58. The van der Waals surface area contributed by atoms with Gasteiger partial charge in [-0.3, -0.25) is 4.79 Å². The second kappa shape index (κ2) is 6.97. The molecule has 1 heterocycles. The predicted molar refractivity (Wildman–Crippen MR) is 79.6 cm³/mol. The summed E-state index contributed by atoms with van der Waals surface area (Å²) in [6.45, 7) is 3.54. The molecule has 1 amide bonds. The zero-order valence-electron chi connectivity index (χ0n) is 12.2. The number of carbonyl (C=O) groups is 1. The van der Waals surface area contributed by atoms with Gasteiger partial charge in [-0.15, -0.1) is 0 Å². The Morgan fingerprint density at radius 1 is 1.52 bits per heavy atom. The highest BCUT2D eigenvalue weighted by Gasteiger charge is 2.28. The molecule has 3 N–H and O–H groups in total. The lowest BCUT2D eigenvalue weighted by atomic mass is 9.96. The molecule has 0 aliphatic carbocycles. The fraction of sp³-hybridized carbons (Fsp3) is 0.467. The van der Waals surface area contributed by atoms with Crippen molar-refractivity contribution in [3.05, 3.63) is 29.8 Å². The Kier molecular flexibility index (Phi) is 5.03. The molecule has 6 nitrogen and oxygen atoms in total. The maximum Gasteiger partial charge on any atom is 0.257 e. The number of rotatable bonds is 4. The molecular formula is C15H21N3O3. The Hall–Kier alpha value is -2.24. The topological polar surface area (TPSA) is 88.2 Å². The van der Waals surface area contributed by atoms with E-state index in [0.717, 1.165) is 12.8 Å². The number of ether oxygens (including phenoxy) is 1. The van der Waals surface area contributed by atoms with Gasteiger partial charge in [0.1, 0.15) is 11.6 Å². The van der Waals surface area contributed by atoms with Crippen LogP contribution in [-0.4, -0.2) is 41.5 Å². The normalized spacial score (nSPS) is 19.4. The van der Waals surface area contributed by atoms with Crippen LogP contribution in [0.3, 0.4) is 0 Å². The molecule has 1 aliphatic rings. The zero-order chi connectivity index (χ0) is 15.2. The summed E-state index contributed by atoms with van der Waals surface area (Å²) in [7, 11) is 0. The number of hydrogen-bond acceptors (Lipinski definition) is 4. The average molecular weight is 291 g/mol. The summed E-state index contributed by atoms with van der Waals surface area (Å²) < 4.78 is 5.51. The minimum absolute atomic E-state index is 0.0745. The van der Waals surface area contributed by atoms with Crippen LogP contribution in [-0.2, 0) is 0 Å². The number of nitrogens with two attached hydrogens (primary N) is 1. The first kappa shape index (κ1) is 15.2. The van der Waals surface area contributed by atoms with Gasteiger partial charge in [-0.2, -0.15) is 0 Å². The first-order valence-electron chi connectivity index (χ1n) is 7.15. The number of hydrogen-bond donors (Lipinski definition) is 2. The summed E-state index contributed by atoms with van der Waals surface area (Å²) >= 11 is 0. The number of oxime groups is 1. The van der Waals surface area contributed by atoms with Gasteiger partial charge in [-0.05, 0) is 31.9 Å². The van der Waals surface area contributed by atoms with Gasteiger partial charge >= 0.3 is 0 Å². The highest BCUT2D eigenvalue weighted by molar-refractivity contribution is 5.97. The van der Waals surface area contributed by atoms with Crippen molar-refractivity contribution < 1.29 is 14.7 Å². The van der Waals surface area contributed by atoms with E-state index in [9.17, 15) is 4.79 Å². The van der Waals surface area contributed by atoms with Crippen LogP contribution in [0.25, 0.3) is 0 Å². The third-order valence-electron chi connectivity index (χ3n) is 3.66. The molecule has 1 aliphatic heterocycles. The van der Waals surface area contributed by atoms with Crippen molar-refractivity contribution in [2.45, 2.75) is 19.8 Å². The molecule has 1 aromatic carbocycles. The number of nitrogens with zero attached hydrogens (tertiary/aromatic N) is 2. The number of amides is 1. The van der Waals surface area contributed by atoms with Gasteiger partial charge in [0.05, 0.1) is 12.2 Å². The van der Waals surface area contributed by atoms with Gasteiger partial charge in [-0.1, -0.05) is 17.3 Å². The maximum absolute atomic E-state index is 12.7. The third kappa shape index (κ3) is 3.45. The van der Waals surface area contributed by atoms with E-state index in [1.807, 2.05) is 19.1 Å². The molecule has 114 valence electrons. The molecule has 0 radical (unpaired) electrons. The van der Waals surface area contributed by atoms with E-state index in [4.69, 9.17) is 15.7 Å². The summed E-state index contributed by atoms with van der Waals surface area (Å²) in [5.41, 5.74) is 6.22. The summed E-state index contributed by atoms with van der Waals surface area (Å²) in [4.78, 5) is 14.4. The van der Waals surface area contributed by atoms with Crippen LogP contribution in [0.5, 0.6) is 5.75 Å². The number of carbonyl (C=O) groups excluding carboxylic acids is 1. The smallest absolute Gasteiger partial charge is 0.257 e. The number of para-hydroxylation sites is 1. The lowest BCUT2D eigenvalue weighted by Gasteiger charge is -2.32. The van der Waals surface area contributed by atoms with E-state index in [0.29, 0.717) is 31.0 Å². The highest BCUT2D eigenvalue weighted by Crippen LogP contribution is 2.23. The van der Waals surface area contributed by atoms with Gasteiger partial charge in [0.25, 0.3) is 5.91 Å². The molecule has 21 heavy (non-hydrogen) atoms. The largest absolute Gasteiger partial charge is 0.493 e.